The van der Waals surface area contributed by atoms with Gasteiger partial charge in [-0.25, -0.2) is 13.2 Å². The predicted molar refractivity (Wildman–Crippen MR) is 85.1 cm³/mol. The maximum Gasteiger partial charge on any atom is 0.319 e. The fourth-order valence-corrected chi connectivity index (χ4v) is 5.24. The molecular formula is C14H19N5O4S. The molecule has 0 N–H and O–H groups in total. The molecule has 2 saturated heterocycles. The van der Waals surface area contributed by atoms with Crippen LogP contribution in [0.3, 0.4) is 0 Å². The SMILES string of the molecule is CN(C)C(=O)N1CCN(C(=O)c2cccnn2)[C@H]2CS(=O)(=O)C[C@H]21. The Balaban J connectivity index is 1.90. The lowest BCUT2D eigenvalue weighted by molar-refractivity contribution is 0.0387. The summed E-state index contributed by atoms with van der Waals surface area (Å²) in [5.74, 6) is -0.616. The molecule has 9 nitrogen and oxygen atoms in total. The zero-order valence-corrected chi connectivity index (χ0v) is 14.3. The molecule has 0 aromatic carbocycles. The molecule has 130 valence electrons. The number of amides is 3. The molecule has 0 aliphatic carbocycles. The van der Waals surface area contributed by atoms with Gasteiger partial charge in [0.25, 0.3) is 5.91 Å². The summed E-state index contributed by atoms with van der Waals surface area (Å²) in [7, 11) is -0.0661. The Hall–Kier alpha value is -2.23. The first-order valence-corrected chi connectivity index (χ1v) is 9.39. The van der Waals surface area contributed by atoms with E-state index in [1.54, 1.807) is 31.1 Å². The van der Waals surface area contributed by atoms with Crippen LogP contribution in [0.25, 0.3) is 0 Å². The quantitative estimate of drug-likeness (QED) is 0.647. The highest BCUT2D eigenvalue weighted by Gasteiger charge is 2.50. The Morgan fingerprint density at radius 2 is 1.79 bits per heavy atom. The van der Waals surface area contributed by atoms with E-state index in [1.165, 1.54) is 16.0 Å². The highest BCUT2D eigenvalue weighted by Crippen LogP contribution is 2.28. The molecule has 0 radical (unpaired) electrons. The van der Waals surface area contributed by atoms with Gasteiger partial charge in [0.05, 0.1) is 23.6 Å². The van der Waals surface area contributed by atoms with Crippen molar-refractivity contribution in [1.29, 1.82) is 0 Å². The van der Waals surface area contributed by atoms with E-state index in [-0.39, 0.29) is 35.7 Å². The summed E-state index contributed by atoms with van der Waals surface area (Å²) in [6.45, 7) is 0.561. The van der Waals surface area contributed by atoms with E-state index < -0.39 is 21.9 Å². The Morgan fingerprint density at radius 1 is 1.17 bits per heavy atom. The average molecular weight is 353 g/mol. The largest absolute Gasteiger partial charge is 0.331 e. The van der Waals surface area contributed by atoms with Gasteiger partial charge in [-0.15, -0.1) is 5.10 Å². The van der Waals surface area contributed by atoms with Crippen molar-refractivity contribution in [3.63, 3.8) is 0 Å². The van der Waals surface area contributed by atoms with Gasteiger partial charge >= 0.3 is 6.03 Å². The van der Waals surface area contributed by atoms with E-state index in [0.29, 0.717) is 6.54 Å². The molecule has 1 aromatic rings. The second kappa shape index (κ2) is 6.00. The van der Waals surface area contributed by atoms with E-state index >= 15 is 0 Å². The smallest absolute Gasteiger partial charge is 0.319 e. The van der Waals surface area contributed by atoms with Crippen molar-refractivity contribution >= 4 is 21.8 Å². The van der Waals surface area contributed by atoms with Crippen molar-refractivity contribution in [2.45, 2.75) is 12.1 Å². The number of carbonyl (C=O) groups is 2. The first-order chi connectivity index (χ1) is 11.3. The van der Waals surface area contributed by atoms with Gasteiger partial charge in [0.15, 0.2) is 15.5 Å². The highest BCUT2D eigenvalue weighted by molar-refractivity contribution is 7.91. The maximum atomic E-state index is 12.7. The number of rotatable bonds is 1. The summed E-state index contributed by atoms with van der Waals surface area (Å²) in [6, 6.07) is 1.83. The molecule has 0 bridgehead atoms. The van der Waals surface area contributed by atoms with E-state index in [2.05, 4.69) is 10.2 Å². The second-order valence-corrected chi connectivity index (χ2v) is 8.34. The normalized spacial score (nSPS) is 25.2. The molecule has 2 aliphatic heterocycles. The fourth-order valence-electron chi connectivity index (χ4n) is 3.26. The summed E-state index contributed by atoms with van der Waals surface area (Å²) >= 11 is 0. The molecule has 2 atom stereocenters. The fraction of sp³-hybridized carbons (Fsp3) is 0.571. The van der Waals surface area contributed by atoms with Crippen LogP contribution in [0.1, 0.15) is 10.5 Å². The number of carbonyl (C=O) groups excluding carboxylic acids is 2. The molecular weight excluding hydrogens is 334 g/mol. The van der Waals surface area contributed by atoms with Crippen molar-refractivity contribution in [3.05, 3.63) is 24.0 Å². The molecule has 0 unspecified atom stereocenters. The lowest BCUT2D eigenvalue weighted by Gasteiger charge is -2.44. The Kier molecular flexibility index (Phi) is 4.16. The lowest BCUT2D eigenvalue weighted by Crippen LogP contribution is -2.63. The van der Waals surface area contributed by atoms with Gasteiger partial charge in [0.2, 0.25) is 0 Å². The number of urea groups is 1. The summed E-state index contributed by atoms with van der Waals surface area (Å²) in [6.07, 6.45) is 1.47. The van der Waals surface area contributed by atoms with E-state index in [1.807, 2.05) is 0 Å². The molecule has 3 amide bonds. The second-order valence-electron chi connectivity index (χ2n) is 6.19. The molecule has 10 heteroatoms. The average Bonchev–Trinajstić information content (AvgIpc) is 2.88. The third-order valence-corrected chi connectivity index (χ3v) is 6.06. The summed E-state index contributed by atoms with van der Waals surface area (Å²) < 4.78 is 24.2. The van der Waals surface area contributed by atoms with Crippen molar-refractivity contribution in [2.24, 2.45) is 0 Å². The predicted octanol–water partition coefficient (Wildman–Crippen LogP) is -0.918. The molecule has 0 spiro atoms. The van der Waals surface area contributed by atoms with Gasteiger partial charge in [0.1, 0.15) is 0 Å². The number of hydrogen-bond donors (Lipinski definition) is 0. The van der Waals surface area contributed by atoms with Crippen molar-refractivity contribution < 1.29 is 18.0 Å². The zero-order valence-electron chi connectivity index (χ0n) is 13.5. The maximum absolute atomic E-state index is 12.7. The minimum atomic E-state index is -3.31. The van der Waals surface area contributed by atoms with Gasteiger partial charge in [-0.2, -0.15) is 5.10 Å². The number of fused-ring (bicyclic) bond motifs is 1. The lowest BCUT2D eigenvalue weighted by atomic mass is 10.0. The van der Waals surface area contributed by atoms with Crippen LogP contribution >= 0.6 is 0 Å². The van der Waals surface area contributed by atoms with E-state index in [9.17, 15) is 18.0 Å². The number of hydrogen-bond acceptors (Lipinski definition) is 6. The first-order valence-electron chi connectivity index (χ1n) is 7.57. The van der Waals surface area contributed by atoms with Crippen LogP contribution in [0.5, 0.6) is 0 Å². The van der Waals surface area contributed by atoms with Crippen molar-refractivity contribution in [3.8, 4) is 0 Å². The number of sulfone groups is 1. The highest BCUT2D eigenvalue weighted by atomic mass is 32.2. The van der Waals surface area contributed by atoms with Crippen LogP contribution in [0.4, 0.5) is 4.79 Å². The molecule has 0 saturated carbocycles. The van der Waals surface area contributed by atoms with Gasteiger partial charge in [-0.3, -0.25) is 4.79 Å². The van der Waals surface area contributed by atoms with Crippen LogP contribution in [-0.4, -0.2) is 96.0 Å². The van der Waals surface area contributed by atoms with E-state index in [0.717, 1.165) is 0 Å². The van der Waals surface area contributed by atoms with Crippen molar-refractivity contribution in [1.82, 2.24) is 24.9 Å². The minimum absolute atomic E-state index is 0.124. The van der Waals surface area contributed by atoms with Crippen molar-refractivity contribution in [2.75, 3.05) is 38.7 Å². The molecule has 2 fully saturated rings. The van der Waals surface area contributed by atoms with Crippen LogP contribution in [-0.2, 0) is 9.84 Å². The molecule has 3 heterocycles. The van der Waals surface area contributed by atoms with Crippen LogP contribution < -0.4 is 0 Å². The molecule has 2 aliphatic rings. The zero-order chi connectivity index (χ0) is 17.5. The van der Waals surface area contributed by atoms with E-state index in [4.69, 9.17) is 0 Å². The third kappa shape index (κ3) is 2.93. The number of piperazine rings is 1. The monoisotopic (exact) mass is 353 g/mol. The van der Waals surface area contributed by atoms with Gasteiger partial charge < -0.3 is 14.7 Å². The van der Waals surface area contributed by atoms with Gasteiger partial charge in [-0.1, -0.05) is 0 Å². The Morgan fingerprint density at radius 3 is 2.38 bits per heavy atom. The first kappa shape index (κ1) is 16.6. The van der Waals surface area contributed by atoms with Gasteiger partial charge in [-0.05, 0) is 12.1 Å². The molecule has 24 heavy (non-hydrogen) atoms. The number of nitrogens with zero attached hydrogens (tertiary/aromatic N) is 5. The third-order valence-electron chi connectivity index (χ3n) is 4.36. The standard InChI is InChI=1S/C14H19N5O4S/c1-17(2)14(21)19-7-6-18(11-8-24(22,23)9-12(11)19)13(20)10-4-3-5-15-16-10/h3-5,11-12H,6-9H2,1-2H3/t11-,12+/m0/s1. The topological polar surface area (TPSA) is 104 Å². The van der Waals surface area contributed by atoms with Gasteiger partial charge in [0, 0.05) is 33.4 Å². The summed E-state index contributed by atoms with van der Waals surface area (Å²) in [5.41, 5.74) is 0.174. The summed E-state index contributed by atoms with van der Waals surface area (Å²) in [4.78, 5) is 29.5. The molecule has 1 aromatic heterocycles. The Bertz CT molecular complexity index is 752. The Labute approximate surface area is 140 Å². The summed E-state index contributed by atoms with van der Waals surface area (Å²) in [5, 5.41) is 7.50. The minimum Gasteiger partial charge on any atom is -0.331 e. The van der Waals surface area contributed by atoms with Crippen LogP contribution in [0, 0.1) is 0 Å². The molecule has 3 rings (SSSR count). The van der Waals surface area contributed by atoms with Crippen LogP contribution in [0.2, 0.25) is 0 Å². The number of aromatic nitrogens is 2. The van der Waals surface area contributed by atoms with Crippen LogP contribution in [0.15, 0.2) is 18.3 Å².